The van der Waals surface area contributed by atoms with Crippen LogP contribution in [0.3, 0.4) is 0 Å². The van der Waals surface area contributed by atoms with Crippen molar-refractivity contribution >= 4 is 49.6 Å². The predicted octanol–water partition coefficient (Wildman–Crippen LogP) is 14.6. The second kappa shape index (κ2) is 12.8. The molecule has 0 amide bonds. The van der Waals surface area contributed by atoms with E-state index < -0.39 is 0 Å². The molecule has 0 fully saturated rings. The van der Waals surface area contributed by atoms with Gasteiger partial charge in [-0.2, -0.15) is 0 Å². The third kappa shape index (κ3) is 5.22. The number of aryl methyl sites for hydroxylation is 1. The number of hydrogen-bond donors (Lipinski definition) is 0. The van der Waals surface area contributed by atoms with Crippen LogP contribution >= 0.6 is 0 Å². The molecule has 0 aliphatic carbocycles. The van der Waals surface area contributed by atoms with Gasteiger partial charge in [-0.05, 0) is 110 Å². The Hall–Kier alpha value is -5.60. The number of fused-ring (bicyclic) bond motifs is 6. The average Bonchev–Trinajstić information content (AvgIpc) is 3.54. The normalized spacial score (nSPS) is 14.1. The van der Waals surface area contributed by atoms with E-state index in [0.29, 0.717) is 5.92 Å². The van der Waals surface area contributed by atoms with Gasteiger partial charge in [0.2, 0.25) is 0 Å². The zero-order chi connectivity index (χ0) is 37.4. The first kappa shape index (κ1) is 34.2. The zero-order valence-electron chi connectivity index (χ0n) is 32.7. The van der Waals surface area contributed by atoms with Crippen LogP contribution in [0.5, 0.6) is 0 Å². The van der Waals surface area contributed by atoms with Crippen molar-refractivity contribution in [1.29, 1.82) is 0 Å². The van der Waals surface area contributed by atoms with Crippen LogP contribution in [-0.2, 0) is 17.3 Å². The molecule has 1 aliphatic heterocycles. The van der Waals surface area contributed by atoms with Crippen LogP contribution < -0.4 is 4.90 Å². The van der Waals surface area contributed by atoms with Crippen molar-refractivity contribution in [2.24, 2.45) is 5.92 Å². The summed E-state index contributed by atoms with van der Waals surface area (Å²) in [5.41, 5.74) is 15.5. The van der Waals surface area contributed by atoms with Gasteiger partial charge >= 0.3 is 0 Å². The number of nitrogens with zero attached hydrogens (tertiary/aromatic N) is 2. The molecule has 2 heterocycles. The SMILES string of the molecule is CCc1ccc(-c2ccc(N(c3ccc4ccccc4c3)c3ccc4c(c3)c3cccc5c3n4-c3ccccc3C5(C)C)cc2)cc1C(C)(C)C(C)CC. The van der Waals surface area contributed by atoms with Gasteiger partial charge in [-0.15, -0.1) is 0 Å². The fraction of sp³-hybridized carbons (Fsp3) is 0.231. The van der Waals surface area contributed by atoms with E-state index in [1.807, 2.05) is 0 Å². The molecule has 54 heavy (non-hydrogen) atoms. The minimum Gasteiger partial charge on any atom is -0.310 e. The average molecular weight is 703 g/mol. The van der Waals surface area contributed by atoms with Crippen LogP contribution in [0.1, 0.15) is 77.1 Å². The number of anilines is 3. The summed E-state index contributed by atoms with van der Waals surface area (Å²) in [5, 5.41) is 5.05. The van der Waals surface area contributed by atoms with Crippen molar-refractivity contribution in [2.75, 3.05) is 4.90 Å². The molecule has 0 saturated heterocycles. The fourth-order valence-electron chi connectivity index (χ4n) is 9.30. The van der Waals surface area contributed by atoms with Gasteiger partial charge in [-0.3, -0.25) is 0 Å². The van der Waals surface area contributed by atoms with E-state index in [0.717, 1.165) is 23.5 Å². The van der Waals surface area contributed by atoms with Gasteiger partial charge in [0, 0.05) is 33.2 Å². The van der Waals surface area contributed by atoms with E-state index in [9.17, 15) is 0 Å². The van der Waals surface area contributed by atoms with E-state index in [4.69, 9.17) is 0 Å². The molecule has 2 nitrogen and oxygen atoms in total. The third-order valence-electron chi connectivity index (χ3n) is 13.0. The maximum absolute atomic E-state index is 2.50. The minimum absolute atomic E-state index is 0.0934. The molecule has 1 atom stereocenters. The van der Waals surface area contributed by atoms with Crippen LogP contribution in [-0.4, -0.2) is 4.57 Å². The lowest BCUT2D eigenvalue weighted by Crippen LogP contribution is -2.27. The second-order valence-electron chi connectivity index (χ2n) is 16.6. The zero-order valence-corrected chi connectivity index (χ0v) is 32.7. The summed E-state index contributed by atoms with van der Waals surface area (Å²) in [5.74, 6) is 0.591. The molecule has 1 aromatic heterocycles. The van der Waals surface area contributed by atoms with Crippen LogP contribution in [0, 0.1) is 5.92 Å². The Kier molecular flexibility index (Phi) is 8.08. The molecule has 0 spiro atoms. The standard InChI is InChI=1S/C52H50N2/c1-8-34(3)51(4,5)47-32-39(22-21-35(47)9-2)37-23-26-40(27-24-37)53(41-28-25-36-15-10-11-16-38(36)31-41)42-29-30-48-44(33-42)43-17-14-19-46-50(43)54(48)49-20-13-12-18-45(49)52(46,6)7/h10-34H,8-9H2,1-7H3. The molecule has 0 bridgehead atoms. The third-order valence-corrected chi connectivity index (χ3v) is 13.0. The summed E-state index contributed by atoms with van der Waals surface area (Å²) in [6.07, 6.45) is 2.21. The van der Waals surface area contributed by atoms with E-state index in [2.05, 4.69) is 204 Å². The molecule has 0 radical (unpaired) electrons. The number of benzene rings is 7. The summed E-state index contributed by atoms with van der Waals surface area (Å²) in [6, 6.07) is 54.7. The maximum atomic E-state index is 2.50. The Balaban J connectivity index is 1.21. The highest BCUT2D eigenvalue weighted by Gasteiger charge is 2.35. The highest BCUT2D eigenvalue weighted by atomic mass is 15.1. The monoisotopic (exact) mass is 702 g/mol. The highest BCUT2D eigenvalue weighted by Crippen LogP contribution is 2.49. The number of rotatable bonds is 8. The lowest BCUT2D eigenvalue weighted by Gasteiger charge is -2.34. The molecular weight excluding hydrogens is 653 g/mol. The van der Waals surface area contributed by atoms with Gasteiger partial charge in [-0.1, -0.05) is 152 Å². The quantitative estimate of drug-likeness (QED) is 0.153. The first-order valence-electron chi connectivity index (χ1n) is 19.8. The van der Waals surface area contributed by atoms with Gasteiger partial charge in [-0.25, -0.2) is 0 Å². The Labute approximate surface area is 320 Å². The van der Waals surface area contributed by atoms with Gasteiger partial charge in [0.05, 0.1) is 16.7 Å². The van der Waals surface area contributed by atoms with Gasteiger partial charge in [0.25, 0.3) is 0 Å². The van der Waals surface area contributed by atoms with Crippen LogP contribution in [0.25, 0.3) is 49.4 Å². The Morgan fingerprint density at radius 3 is 2.06 bits per heavy atom. The van der Waals surface area contributed by atoms with E-state index in [-0.39, 0.29) is 10.8 Å². The number of hydrogen-bond acceptors (Lipinski definition) is 1. The van der Waals surface area contributed by atoms with Crippen molar-refractivity contribution in [3.05, 3.63) is 168 Å². The van der Waals surface area contributed by atoms with Crippen molar-refractivity contribution in [3.8, 4) is 16.8 Å². The summed E-state index contributed by atoms with van der Waals surface area (Å²) >= 11 is 0. The highest BCUT2D eigenvalue weighted by molar-refractivity contribution is 6.13. The van der Waals surface area contributed by atoms with E-state index in [1.54, 1.807) is 0 Å². The molecular formula is C52H50N2. The van der Waals surface area contributed by atoms with Gasteiger partial charge in [0.15, 0.2) is 0 Å². The molecule has 2 heteroatoms. The lowest BCUT2D eigenvalue weighted by atomic mass is 9.70. The Morgan fingerprint density at radius 1 is 0.611 bits per heavy atom. The molecule has 8 aromatic rings. The minimum atomic E-state index is -0.0934. The van der Waals surface area contributed by atoms with Crippen LogP contribution in [0.4, 0.5) is 17.1 Å². The molecule has 1 unspecified atom stereocenters. The van der Waals surface area contributed by atoms with Crippen molar-refractivity contribution < 1.29 is 0 Å². The van der Waals surface area contributed by atoms with Crippen molar-refractivity contribution in [1.82, 2.24) is 4.57 Å². The summed E-state index contributed by atoms with van der Waals surface area (Å²) in [4.78, 5) is 2.43. The molecule has 1 aliphatic rings. The molecule has 268 valence electrons. The Bertz CT molecular complexity index is 2710. The van der Waals surface area contributed by atoms with Gasteiger partial charge < -0.3 is 9.47 Å². The lowest BCUT2D eigenvalue weighted by molar-refractivity contribution is 0.333. The van der Waals surface area contributed by atoms with Crippen molar-refractivity contribution in [2.45, 2.75) is 72.1 Å². The first-order valence-corrected chi connectivity index (χ1v) is 19.8. The van der Waals surface area contributed by atoms with E-state index in [1.165, 1.54) is 78.1 Å². The summed E-state index contributed by atoms with van der Waals surface area (Å²) < 4.78 is 2.50. The predicted molar refractivity (Wildman–Crippen MR) is 232 cm³/mol. The number of para-hydroxylation sites is 2. The fourth-order valence-corrected chi connectivity index (χ4v) is 9.30. The van der Waals surface area contributed by atoms with E-state index >= 15 is 0 Å². The summed E-state index contributed by atoms with van der Waals surface area (Å²) in [7, 11) is 0. The molecule has 0 saturated carbocycles. The maximum Gasteiger partial charge on any atom is 0.0582 e. The second-order valence-corrected chi connectivity index (χ2v) is 16.6. The van der Waals surface area contributed by atoms with Crippen molar-refractivity contribution in [3.63, 3.8) is 0 Å². The molecule has 0 N–H and O–H groups in total. The van der Waals surface area contributed by atoms with Crippen LogP contribution in [0.2, 0.25) is 0 Å². The van der Waals surface area contributed by atoms with Gasteiger partial charge in [0.1, 0.15) is 0 Å². The molecule has 7 aromatic carbocycles. The largest absolute Gasteiger partial charge is 0.310 e. The van der Waals surface area contributed by atoms with Crippen LogP contribution in [0.15, 0.2) is 146 Å². The summed E-state index contributed by atoms with van der Waals surface area (Å²) in [6.45, 7) is 16.6. The number of aromatic nitrogens is 1. The molecule has 9 rings (SSSR count). The Morgan fingerprint density at radius 2 is 1.28 bits per heavy atom. The smallest absolute Gasteiger partial charge is 0.0582 e. The topological polar surface area (TPSA) is 8.17 Å². The first-order chi connectivity index (χ1) is 26.1.